The predicted molar refractivity (Wildman–Crippen MR) is 150 cm³/mol. The lowest BCUT2D eigenvalue weighted by Gasteiger charge is -2.11. The van der Waals surface area contributed by atoms with Gasteiger partial charge in [0.1, 0.15) is 0 Å². The molecule has 2 rings (SSSR count). The maximum Gasteiger partial charge on any atom is 0.0732 e. The van der Waals surface area contributed by atoms with Crippen molar-refractivity contribution in [2.75, 3.05) is 0 Å². The van der Waals surface area contributed by atoms with E-state index < -0.39 is 0 Å². The van der Waals surface area contributed by atoms with Crippen LogP contribution in [0.4, 0.5) is 0 Å². The number of thiol groups is 2. The summed E-state index contributed by atoms with van der Waals surface area (Å²) in [6, 6.07) is 13.3. The lowest BCUT2D eigenvalue weighted by Crippen LogP contribution is -1.98. The van der Waals surface area contributed by atoms with Crippen LogP contribution in [0.2, 0.25) is 0 Å². The minimum absolute atomic E-state index is 0.586. The molecule has 0 N–H and O–H groups in total. The summed E-state index contributed by atoms with van der Waals surface area (Å²) in [4.78, 5) is 2.08. The van der Waals surface area contributed by atoms with Crippen molar-refractivity contribution in [2.45, 2.75) is 127 Å². The topological polar surface area (TPSA) is 9.23 Å². The van der Waals surface area contributed by atoms with Gasteiger partial charge >= 0.3 is 0 Å². The molecule has 33 heavy (non-hydrogen) atoms. The molecule has 3 heteroatoms. The molecule has 0 atom stereocenters. The maximum atomic E-state index is 6.02. The number of hydrogen-bond donors (Lipinski definition) is 2. The summed E-state index contributed by atoms with van der Waals surface area (Å²) in [7, 11) is 0. The zero-order valence-corrected chi connectivity index (χ0v) is 22.9. The third kappa shape index (κ3) is 11.9. The Morgan fingerprint density at radius 2 is 0.939 bits per heavy atom. The fourth-order valence-corrected chi connectivity index (χ4v) is 4.87. The largest absolute Gasteiger partial charge is 0.372 e. The quantitative estimate of drug-likeness (QED) is 0.157. The van der Waals surface area contributed by atoms with E-state index in [9.17, 15) is 0 Å². The molecule has 2 aromatic rings. The fourth-order valence-electron chi connectivity index (χ4n) is 4.26. The number of benzene rings is 2. The highest BCUT2D eigenvalue weighted by Crippen LogP contribution is 2.22. The second-order valence-corrected chi connectivity index (χ2v) is 10.4. The Bertz CT molecular complexity index is 721. The molecular formula is C30H46OS2. The first-order valence-electron chi connectivity index (χ1n) is 13.3. The molecule has 0 saturated heterocycles. The van der Waals surface area contributed by atoms with E-state index in [0.717, 1.165) is 33.8 Å². The van der Waals surface area contributed by atoms with Gasteiger partial charge in [-0.15, -0.1) is 25.3 Å². The van der Waals surface area contributed by atoms with Crippen molar-refractivity contribution in [1.82, 2.24) is 0 Å². The monoisotopic (exact) mass is 486 g/mol. The molecule has 0 bridgehead atoms. The summed E-state index contributed by atoms with van der Waals surface area (Å²) in [5, 5.41) is 0. The number of aryl methyl sites for hydroxylation is 2. The minimum atomic E-state index is 0.586. The molecule has 1 nitrogen and oxygen atoms in total. The van der Waals surface area contributed by atoms with Crippen LogP contribution in [0.3, 0.4) is 0 Å². The first kappa shape index (κ1) is 28.3. The highest BCUT2D eigenvalue weighted by molar-refractivity contribution is 7.80. The number of hydrogen-bond acceptors (Lipinski definition) is 3. The van der Waals surface area contributed by atoms with Gasteiger partial charge in [-0.25, -0.2) is 0 Å². The Morgan fingerprint density at radius 1 is 0.545 bits per heavy atom. The average Bonchev–Trinajstić information content (AvgIpc) is 2.81. The van der Waals surface area contributed by atoms with Gasteiger partial charge in [-0.1, -0.05) is 102 Å². The van der Waals surface area contributed by atoms with Gasteiger partial charge in [0.25, 0.3) is 0 Å². The van der Waals surface area contributed by atoms with E-state index in [2.05, 4.69) is 50.2 Å². The molecule has 0 aliphatic rings. The summed E-state index contributed by atoms with van der Waals surface area (Å²) < 4.78 is 6.02. The van der Waals surface area contributed by atoms with Crippen LogP contribution in [0.25, 0.3) is 0 Å². The van der Waals surface area contributed by atoms with Crippen molar-refractivity contribution in [3.63, 3.8) is 0 Å². The van der Waals surface area contributed by atoms with Crippen molar-refractivity contribution < 1.29 is 4.74 Å². The van der Waals surface area contributed by atoms with E-state index in [1.165, 1.54) is 88.2 Å². The van der Waals surface area contributed by atoms with Crippen LogP contribution >= 0.6 is 25.3 Å². The number of rotatable bonds is 18. The Hall–Kier alpha value is -0.900. The summed E-state index contributed by atoms with van der Waals surface area (Å²) in [5.74, 6) is 0. The Kier molecular flexibility index (Phi) is 15.0. The van der Waals surface area contributed by atoms with Crippen LogP contribution < -0.4 is 0 Å². The van der Waals surface area contributed by atoms with Crippen molar-refractivity contribution in [2.24, 2.45) is 0 Å². The Balaban J connectivity index is 1.70. The number of unbranched alkanes of at least 4 members (excludes halogenated alkanes) is 10. The van der Waals surface area contributed by atoms with E-state index in [1.54, 1.807) is 0 Å². The van der Waals surface area contributed by atoms with Gasteiger partial charge in [0.15, 0.2) is 0 Å². The van der Waals surface area contributed by atoms with Crippen LogP contribution in [0.1, 0.15) is 113 Å². The smallest absolute Gasteiger partial charge is 0.0732 e. The molecule has 0 aromatic heterocycles. The lowest BCUT2D eigenvalue weighted by molar-refractivity contribution is 0.104. The molecular weight excluding hydrogens is 440 g/mol. The Morgan fingerprint density at radius 3 is 1.33 bits per heavy atom. The molecule has 0 saturated carbocycles. The van der Waals surface area contributed by atoms with Crippen LogP contribution in [0.5, 0.6) is 0 Å². The summed E-state index contributed by atoms with van der Waals surface area (Å²) in [5.41, 5.74) is 5.09. The van der Waals surface area contributed by atoms with Crippen LogP contribution in [-0.2, 0) is 30.8 Å². The molecule has 0 aliphatic heterocycles. The fraction of sp³-hybridized carbons (Fsp3) is 0.600. The molecule has 0 amide bonds. The van der Waals surface area contributed by atoms with E-state index >= 15 is 0 Å². The van der Waals surface area contributed by atoms with Crippen molar-refractivity contribution >= 4 is 25.3 Å². The maximum absolute atomic E-state index is 6.02. The normalized spacial score (nSPS) is 11.3. The van der Waals surface area contributed by atoms with Crippen LogP contribution in [0.15, 0.2) is 46.2 Å². The lowest BCUT2D eigenvalue weighted by atomic mass is 10.0. The molecule has 184 valence electrons. The van der Waals surface area contributed by atoms with E-state index in [1.807, 2.05) is 0 Å². The van der Waals surface area contributed by atoms with E-state index in [4.69, 9.17) is 30.0 Å². The Labute approximate surface area is 214 Å². The third-order valence-corrected chi connectivity index (χ3v) is 7.29. The third-order valence-electron chi connectivity index (χ3n) is 6.45. The first-order chi connectivity index (χ1) is 16.1. The van der Waals surface area contributed by atoms with Gasteiger partial charge in [-0.2, -0.15) is 0 Å². The van der Waals surface area contributed by atoms with Crippen LogP contribution in [0, 0.1) is 0 Å². The van der Waals surface area contributed by atoms with Crippen molar-refractivity contribution in [3.05, 3.63) is 58.7 Å². The van der Waals surface area contributed by atoms with Crippen molar-refractivity contribution in [3.8, 4) is 0 Å². The molecule has 0 fully saturated rings. The summed E-state index contributed by atoms with van der Waals surface area (Å²) in [6.45, 7) is 5.71. The summed E-state index contributed by atoms with van der Waals surface area (Å²) in [6.07, 6.45) is 18.3. The van der Waals surface area contributed by atoms with Gasteiger partial charge in [0.05, 0.1) is 13.2 Å². The SMILES string of the molecule is CCCCCCCCc1ccc(COCc2ccc(CCCCCCCC)cc2S)c(S)c1. The molecule has 0 heterocycles. The second kappa shape index (κ2) is 17.5. The van der Waals surface area contributed by atoms with Gasteiger partial charge in [0.2, 0.25) is 0 Å². The van der Waals surface area contributed by atoms with Gasteiger partial charge in [-0.3, -0.25) is 0 Å². The summed E-state index contributed by atoms with van der Waals surface area (Å²) >= 11 is 9.43. The van der Waals surface area contributed by atoms with Crippen LogP contribution in [-0.4, -0.2) is 0 Å². The zero-order chi connectivity index (χ0) is 23.7. The molecule has 2 aromatic carbocycles. The first-order valence-corrected chi connectivity index (χ1v) is 14.2. The van der Waals surface area contributed by atoms with E-state index in [0.29, 0.717) is 13.2 Å². The predicted octanol–water partition coefficient (Wildman–Crippen LogP) is 9.79. The highest BCUT2D eigenvalue weighted by atomic mass is 32.1. The number of ether oxygens (including phenoxy) is 1. The minimum Gasteiger partial charge on any atom is -0.372 e. The molecule has 0 unspecified atom stereocenters. The van der Waals surface area contributed by atoms with Crippen molar-refractivity contribution in [1.29, 1.82) is 0 Å². The standard InChI is InChI=1S/C30H46OS2/c1-3-5-7-9-11-13-15-25-17-19-27(29(32)21-25)23-31-24-28-20-18-26(22-30(28)33)16-14-12-10-8-6-4-2/h17-22,32-33H,3-16,23-24H2,1-2H3. The molecule has 0 spiro atoms. The average molecular weight is 487 g/mol. The van der Waals surface area contributed by atoms with Gasteiger partial charge in [0, 0.05) is 9.79 Å². The molecule has 0 radical (unpaired) electrons. The van der Waals surface area contributed by atoms with E-state index in [-0.39, 0.29) is 0 Å². The zero-order valence-electron chi connectivity index (χ0n) is 21.1. The second-order valence-electron chi connectivity index (χ2n) is 9.45. The highest BCUT2D eigenvalue weighted by Gasteiger charge is 2.05. The van der Waals surface area contributed by atoms with Gasteiger partial charge in [-0.05, 0) is 60.1 Å². The molecule has 0 aliphatic carbocycles. The van der Waals surface area contributed by atoms with Gasteiger partial charge < -0.3 is 4.74 Å².